The SMILES string of the molecule is CC(CO[Si](C)(C)C(C)(C)C)=NS(=O)C(C)(C)C. The molecule has 0 amide bonds. The summed E-state index contributed by atoms with van der Waals surface area (Å²) in [5.41, 5.74) is 0.813. The second-order valence-electron chi connectivity index (χ2n) is 7.24. The molecule has 1 atom stereocenters. The summed E-state index contributed by atoms with van der Waals surface area (Å²) < 4.78 is 21.8. The first-order chi connectivity index (χ1) is 7.77. The number of rotatable bonds is 4. The third kappa shape index (κ3) is 5.76. The summed E-state index contributed by atoms with van der Waals surface area (Å²) in [6.07, 6.45) is 0. The predicted octanol–water partition coefficient (Wildman–Crippen LogP) is 3.93. The lowest BCUT2D eigenvalue weighted by Crippen LogP contribution is -2.41. The standard InChI is InChI=1S/C13H29NO2SSi/c1-11(14-17(15)12(2,3)4)10-16-18(8,9)13(5,6)7/h10H2,1-9H3. The van der Waals surface area contributed by atoms with Gasteiger partial charge < -0.3 is 4.43 Å². The van der Waals surface area contributed by atoms with E-state index >= 15 is 0 Å². The summed E-state index contributed by atoms with van der Waals surface area (Å²) in [6, 6.07) is 0. The third-order valence-electron chi connectivity index (χ3n) is 3.21. The highest BCUT2D eigenvalue weighted by atomic mass is 32.2. The maximum atomic E-state index is 11.9. The van der Waals surface area contributed by atoms with Crippen LogP contribution in [0.15, 0.2) is 4.40 Å². The zero-order valence-corrected chi connectivity index (χ0v) is 15.2. The van der Waals surface area contributed by atoms with Gasteiger partial charge in [-0.1, -0.05) is 20.8 Å². The van der Waals surface area contributed by atoms with Crippen LogP contribution in [0.1, 0.15) is 48.5 Å². The second-order valence-corrected chi connectivity index (χ2v) is 14.0. The van der Waals surface area contributed by atoms with Crippen molar-refractivity contribution in [2.24, 2.45) is 4.40 Å². The van der Waals surface area contributed by atoms with Gasteiger partial charge in [-0.2, -0.15) is 4.40 Å². The van der Waals surface area contributed by atoms with E-state index in [0.717, 1.165) is 5.71 Å². The molecular weight excluding hydrogens is 262 g/mol. The lowest BCUT2D eigenvalue weighted by molar-refractivity contribution is 0.340. The van der Waals surface area contributed by atoms with E-state index in [1.807, 2.05) is 27.7 Å². The van der Waals surface area contributed by atoms with Gasteiger partial charge in [-0.15, -0.1) is 0 Å². The first-order valence-corrected chi connectivity index (χ1v) is 10.4. The molecule has 0 aliphatic carbocycles. The van der Waals surface area contributed by atoms with Crippen molar-refractivity contribution in [2.45, 2.75) is 71.3 Å². The van der Waals surface area contributed by atoms with Crippen molar-refractivity contribution in [1.29, 1.82) is 0 Å². The summed E-state index contributed by atoms with van der Waals surface area (Å²) >= 11 is 0. The Morgan fingerprint density at radius 3 is 1.94 bits per heavy atom. The Balaban J connectivity index is 4.58. The molecule has 0 aliphatic rings. The summed E-state index contributed by atoms with van der Waals surface area (Å²) in [6.45, 7) is 19.2. The molecule has 108 valence electrons. The molecule has 0 heterocycles. The van der Waals surface area contributed by atoms with Crippen LogP contribution in [0.5, 0.6) is 0 Å². The van der Waals surface area contributed by atoms with Crippen molar-refractivity contribution in [3.05, 3.63) is 0 Å². The van der Waals surface area contributed by atoms with Crippen LogP contribution in [0.2, 0.25) is 18.1 Å². The average Bonchev–Trinajstić information content (AvgIpc) is 2.11. The highest BCUT2D eigenvalue weighted by molar-refractivity contribution is 7.85. The fourth-order valence-electron chi connectivity index (χ4n) is 0.806. The van der Waals surface area contributed by atoms with E-state index in [1.165, 1.54) is 0 Å². The summed E-state index contributed by atoms with van der Waals surface area (Å²) in [5.74, 6) is 0. The lowest BCUT2D eigenvalue weighted by Gasteiger charge is -2.36. The molecule has 0 fully saturated rings. The van der Waals surface area contributed by atoms with E-state index in [-0.39, 0.29) is 9.79 Å². The van der Waals surface area contributed by atoms with Gasteiger partial charge in [0.1, 0.15) is 11.0 Å². The maximum absolute atomic E-state index is 11.9. The van der Waals surface area contributed by atoms with Gasteiger partial charge in [0, 0.05) is 0 Å². The minimum atomic E-state index is -1.74. The zero-order valence-electron chi connectivity index (χ0n) is 13.4. The molecule has 0 spiro atoms. The summed E-state index contributed by atoms with van der Waals surface area (Å²) in [7, 11) is -2.94. The second kappa shape index (κ2) is 5.97. The van der Waals surface area contributed by atoms with Gasteiger partial charge in [-0.25, -0.2) is 4.21 Å². The van der Waals surface area contributed by atoms with E-state index in [0.29, 0.717) is 6.61 Å². The molecule has 0 radical (unpaired) electrons. The van der Waals surface area contributed by atoms with Crippen LogP contribution < -0.4 is 0 Å². The van der Waals surface area contributed by atoms with Crippen molar-refractivity contribution in [3.63, 3.8) is 0 Å². The smallest absolute Gasteiger partial charge is 0.192 e. The molecule has 0 rings (SSSR count). The molecule has 0 bridgehead atoms. The Kier molecular flexibility index (Phi) is 5.97. The van der Waals surface area contributed by atoms with Crippen LogP contribution in [-0.2, 0) is 15.4 Å². The first-order valence-electron chi connectivity index (χ1n) is 6.37. The Bertz CT molecular complexity index is 338. The Labute approximate surface area is 116 Å². The molecular formula is C13H29NO2SSi. The van der Waals surface area contributed by atoms with E-state index in [1.54, 1.807) is 0 Å². The number of nitrogens with zero attached hydrogens (tertiary/aromatic N) is 1. The van der Waals surface area contributed by atoms with Crippen molar-refractivity contribution in [3.8, 4) is 0 Å². The molecule has 3 nitrogen and oxygen atoms in total. The van der Waals surface area contributed by atoms with Crippen LogP contribution in [0.4, 0.5) is 0 Å². The molecule has 0 aliphatic heterocycles. The molecule has 0 aromatic heterocycles. The van der Waals surface area contributed by atoms with E-state index in [2.05, 4.69) is 38.3 Å². The number of hydrogen-bond acceptors (Lipinski definition) is 2. The normalized spacial score (nSPS) is 16.8. The van der Waals surface area contributed by atoms with Gasteiger partial charge in [-0.3, -0.25) is 0 Å². The molecule has 0 saturated carbocycles. The Morgan fingerprint density at radius 2 is 1.61 bits per heavy atom. The van der Waals surface area contributed by atoms with E-state index in [4.69, 9.17) is 4.43 Å². The van der Waals surface area contributed by atoms with Crippen LogP contribution >= 0.6 is 0 Å². The molecule has 0 N–H and O–H groups in total. The molecule has 0 aromatic rings. The van der Waals surface area contributed by atoms with Gasteiger partial charge in [0.05, 0.1) is 17.1 Å². The van der Waals surface area contributed by atoms with E-state index in [9.17, 15) is 4.21 Å². The van der Waals surface area contributed by atoms with Crippen LogP contribution in [0.3, 0.4) is 0 Å². The maximum Gasteiger partial charge on any atom is 0.192 e. The predicted molar refractivity (Wildman–Crippen MR) is 84.2 cm³/mol. The summed E-state index contributed by atoms with van der Waals surface area (Å²) in [4.78, 5) is 0. The highest BCUT2D eigenvalue weighted by Crippen LogP contribution is 2.36. The van der Waals surface area contributed by atoms with Crippen LogP contribution in [0, 0.1) is 0 Å². The quantitative estimate of drug-likeness (QED) is 0.581. The van der Waals surface area contributed by atoms with Gasteiger partial charge >= 0.3 is 0 Å². The molecule has 0 aromatic carbocycles. The van der Waals surface area contributed by atoms with Crippen LogP contribution in [-0.4, -0.2) is 29.6 Å². The molecule has 5 heteroatoms. The van der Waals surface area contributed by atoms with Gasteiger partial charge in [0.25, 0.3) is 0 Å². The van der Waals surface area contributed by atoms with Gasteiger partial charge in [-0.05, 0) is 45.8 Å². The van der Waals surface area contributed by atoms with Crippen molar-refractivity contribution in [1.82, 2.24) is 0 Å². The zero-order chi connectivity index (χ0) is 14.8. The van der Waals surface area contributed by atoms with Crippen molar-refractivity contribution >= 4 is 25.0 Å². The number of hydrogen-bond donors (Lipinski definition) is 0. The largest absolute Gasteiger partial charge is 0.411 e. The van der Waals surface area contributed by atoms with Crippen molar-refractivity contribution in [2.75, 3.05) is 6.61 Å². The highest BCUT2D eigenvalue weighted by Gasteiger charge is 2.37. The third-order valence-corrected chi connectivity index (χ3v) is 9.21. The topological polar surface area (TPSA) is 38.7 Å². The first kappa shape index (κ1) is 18.0. The van der Waals surface area contributed by atoms with Crippen molar-refractivity contribution < 1.29 is 8.63 Å². The van der Waals surface area contributed by atoms with Gasteiger partial charge in [0.15, 0.2) is 8.32 Å². The van der Waals surface area contributed by atoms with Crippen LogP contribution in [0.25, 0.3) is 0 Å². The monoisotopic (exact) mass is 291 g/mol. The molecule has 0 saturated heterocycles. The van der Waals surface area contributed by atoms with E-state index < -0.39 is 19.3 Å². The molecule has 1 unspecified atom stereocenters. The average molecular weight is 292 g/mol. The fraction of sp³-hybridized carbons (Fsp3) is 0.923. The fourth-order valence-corrected chi connectivity index (χ4v) is 2.42. The lowest BCUT2D eigenvalue weighted by atomic mass is 10.2. The minimum absolute atomic E-state index is 0.191. The molecule has 18 heavy (non-hydrogen) atoms. The Hall–Kier alpha value is -0.00312. The minimum Gasteiger partial charge on any atom is -0.411 e. The van der Waals surface area contributed by atoms with Gasteiger partial charge in [0.2, 0.25) is 0 Å². The summed E-state index contributed by atoms with van der Waals surface area (Å²) in [5, 5.41) is 0.191. The Morgan fingerprint density at radius 1 is 1.17 bits per heavy atom.